The molecule has 3 aromatic heterocycles. The molecule has 31 heavy (non-hydrogen) atoms. The summed E-state index contributed by atoms with van der Waals surface area (Å²) in [5.41, 5.74) is 3.26. The van der Waals surface area contributed by atoms with E-state index in [9.17, 15) is 13.2 Å². The van der Waals surface area contributed by atoms with E-state index in [1.54, 1.807) is 45.4 Å². The summed E-state index contributed by atoms with van der Waals surface area (Å²) >= 11 is 0. The van der Waals surface area contributed by atoms with Crippen LogP contribution in [0.15, 0.2) is 30.6 Å². The van der Waals surface area contributed by atoms with E-state index in [4.69, 9.17) is 4.74 Å². The molecule has 1 unspecified atom stereocenters. The Morgan fingerprint density at radius 2 is 1.97 bits per heavy atom. The number of nitrogens with zero attached hydrogens (tertiary/aromatic N) is 5. The molecule has 0 radical (unpaired) electrons. The van der Waals surface area contributed by atoms with Gasteiger partial charge in [-0.25, -0.2) is 22.9 Å². The number of aryl methyl sites for hydroxylation is 3. The first-order chi connectivity index (χ1) is 14.5. The number of amides is 1. The summed E-state index contributed by atoms with van der Waals surface area (Å²) in [6, 6.07) is 5.05. The second-order valence-corrected chi connectivity index (χ2v) is 8.83. The molecule has 0 aromatic carbocycles. The van der Waals surface area contributed by atoms with E-state index in [2.05, 4.69) is 30.3 Å². The fourth-order valence-electron chi connectivity index (χ4n) is 2.83. The van der Waals surface area contributed by atoms with Crippen molar-refractivity contribution in [3.8, 4) is 11.4 Å². The van der Waals surface area contributed by atoms with Crippen LogP contribution >= 0.6 is 0 Å². The number of carbonyl (C=O) groups is 1. The Morgan fingerprint density at radius 1 is 1.23 bits per heavy atom. The summed E-state index contributed by atoms with van der Waals surface area (Å²) in [6.45, 7) is 5.31. The van der Waals surface area contributed by atoms with Crippen LogP contribution in [-0.4, -0.2) is 45.7 Å². The fourth-order valence-corrected chi connectivity index (χ4v) is 3.44. The maximum atomic E-state index is 12.5. The topological polar surface area (TPSA) is 141 Å². The molecule has 0 saturated carbocycles. The molecule has 0 aliphatic carbocycles. The standard InChI is InChI=1S/C19H23N7O4S/c1-11-8-14(10-20-9-11)13(3)30-19(27)22-18-17(23-25-26(18)4)16-7-6-15(12(2)21-16)24-31(5,28)29/h6-10,13,24H,1-5H3,(H,22,27). The van der Waals surface area contributed by atoms with E-state index in [1.165, 1.54) is 4.68 Å². The lowest BCUT2D eigenvalue weighted by atomic mass is 10.1. The number of ether oxygens (including phenoxy) is 1. The molecule has 11 nitrogen and oxygen atoms in total. The Hall–Kier alpha value is -3.54. The molecule has 0 bridgehead atoms. The summed E-state index contributed by atoms with van der Waals surface area (Å²) in [4.78, 5) is 21.0. The van der Waals surface area contributed by atoms with E-state index in [0.29, 0.717) is 22.8 Å². The minimum atomic E-state index is -3.43. The smallest absolute Gasteiger partial charge is 0.413 e. The van der Waals surface area contributed by atoms with Crippen molar-refractivity contribution in [2.24, 2.45) is 7.05 Å². The van der Waals surface area contributed by atoms with E-state index in [-0.39, 0.29) is 5.82 Å². The van der Waals surface area contributed by atoms with Crippen LogP contribution in [0.5, 0.6) is 0 Å². The summed E-state index contributed by atoms with van der Waals surface area (Å²) in [5.74, 6) is 0.287. The van der Waals surface area contributed by atoms with Crippen LogP contribution in [0.2, 0.25) is 0 Å². The lowest BCUT2D eigenvalue weighted by molar-refractivity contribution is 0.120. The zero-order valence-corrected chi connectivity index (χ0v) is 18.6. The highest BCUT2D eigenvalue weighted by Gasteiger charge is 2.20. The minimum Gasteiger partial charge on any atom is -0.441 e. The normalized spacial score (nSPS) is 12.3. The number of pyridine rings is 2. The van der Waals surface area contributed by atoms with Crippen molar-refractivity contribution in [2.75, 3.05) is 16.3 Å². The van der Waals surface area contributed by atoms with E-state index in [0.717, 1.165) is 17.4 Å². The lowest BCUT2D eigenvalue weighted by Crippen LogP contribution is -2.18. The first kappa shape index (κ1) is 22.2. The Bertz CT molecular complexity index is 1220. The molecule has 0 saturated heterocycles. The highest BCUT2D eigenvalue weighted by atomic mass is 32.2. The van der Waals surface area contributed by atoms with Crippen molar-refractivity contribution in [2.45, 2.75) is 26.9 Å². The number of carbonyl (C=O) groups excluding carboxylic acids is 1. The number of aromatic nitrogens is 5. The number of sulfonamides is 1. The second-order valence-electron chi connectivity index (χ2n) is 7.08. The Labute approximate surface area is 179 Å². The summed E-state index contributed by atoms with van der Waals surface area (Å²) < 4.78 is 32.2. The predicted molar refractivity (Wildman–Crippen MR) is 115 cm³/mol. The molecule has 0 spiro atoms. The van der Waals surface area contributed by atoms with E-state index < -0.39 is 22.2 Å². The zero-order chi connectivity index (χ0) is 22.8. The first-order valence-electron chi connectivity index (χ1n) is 9.28. The summed E-state index contributed by atoms with van der Waals surface area (Å²) in [5, 5.41) is 10.7. The average Bonchev–Trinajstić information content (AvgIpc) is 3.02. The molecule has 3 rings (SSSR count). The third kappa shape index (κ3) is 5.54. The number of rotatable bonds is 6. The Kier molecular flexibility index (Phi) is 6.20. The molecular formula is C19H23N7O4S. The average molecular weight is 446 g/mol. The van der Waals surface area contributed by atoms with Crippen molar-refractivity contribution >= 4 is 27.6 Å². The van der Waals surface area contributed by atoms with Crippen molar-refractivity contribution in [3.05, 3.63) is 47.4 Å². The lowest BCUT2D eigenvalue weighted by Gasteiger charge is -2.15. The van der Waals surface area contributed by atoms with Gasteiger partial charge in [0.05, 0.1) is 23.3 Å². The van der Waals surface area contributed by atoms with Gasteiger partial charge in [0.1, 0.15) is 6.10 Å². The molecule has 164 valence electrons. The largest absolute Gasteiger partial charge is 0.441 e. The Balaban J connectivity index is 1.79. The van der Waals surface area contributed by atoms with E-state index in [1.807, 2.05) is 13.0 Å². The number of nitrogens with one attached hydrogen (secondary N) is 2. The molecular weight excluding hydrogens is 422 g/mol. The van der Waals surface area contributed by atoms with Crippen LogP contribution in [-0.2, 0) is 21.8 Å². The van der Waals surface area contributed by atoms with Gasteiger partial charge in [0.2, 0.25) is 10.0 Å². The molecule has 1 amide bonds. The highest BCUT2D eigenvalue weighted by Crippen LogP contribution is 2.27. The molecule has 0 fully saturated rings. The molecule has 2 N–H and O–H groups in total. The fraction of sp³-hybridized carbons (Fsp3) is 0.316. The van der Waals surface area contributed by atoms with Gasteiger partial charge in [-0.2, -0.15) is 0 Å². The molecule has 0 aliphatic rings. The van der Waals surface area contributed by atoms with Crippen molar-refractivity contribution in [1.29, 1.82) is 0 Å². The van der Waals surface area contributed by atoms with Gasteiger partial charge in [0, 0.05) is 25.0 Å². The predicted octanol–water partition coefficient (Wildman–Crippen LogP) is 2.57. The molecule has 0 aliphatic heterocycles. The van der Waals surface area contributed by atoms with Crippen molar-refractivity contribution in [1.82, 2.24) is 25.0 Å². The second kappa shape index (κ2) is 8.68. The van der Waals surface area contributed by atoms with Gasteiger partial charge in [-0.1, -0.05) is 5.21 Å². The zero-order valence-electron chi connectivity index (χ0n) is 17.7. The van der Waals surface area contributed by atoms with Gasteiger partial charge in [-0.3, -0.25) is 15.0 Å². The molecule has 3 aromatic rings. The van der Waals surface area contributed by atoms with Crippen molar-refractivity contribution in [3.63, 3.8) is 0 Å². The molecule has 12 heteroatoms. The first-order valence-corrected chi connectivity index (χ1v) is 11.2. The monoisotopic (exact) mass is 445 g/mol. The van der Waals surface area contributed by atoms with Gasteiger partial charge in [-0.05, 0) is 44.5 Å². The maximum absolute atomic E-state index is 12.5. The van der Waals surface area contributed by atoms with Gasteiger partial charge >= 0.3 is 6.09 Å². The minimum absolute atomic E-state index is 0.287. The van der Waals surface area contributed by atoms with Crippen LogP contribution in [0.4, 0.5) is 16.3 Å². The van der Waals surface area contributed by atoms with Crippen LogP contribution in [0.3, 0.4) is 0 Å². The quantitative estimate of drug-likeness (QED) is 0.590. The van der Waals surface area contributed by atoms with Gasteiger partial charge in [0.25, 0.3) is 0 Å². The van der Waals surface area contributed by atoms with Crippen molar-refractivity contribution < 1.29 is 17.9 Å². The SMILES string of the molecule is Cc1cncc(C(C)OC(=O)Nc2c(-c3ccc(NS(C)(=O)=O)c(C)n3)nnn2C)c1. The third-order valence-electron chi connectivity index (χ3n) is 4.32. The van der Waals surface area contributed by atoms with Gasteiger partial charge in [0.15, 0.2) is 11.5 Å². The van der Waals surface area contributed by atoms with E-state index >= 15 is 0 Å². The molecule has 1 atom stereocenters. The van der Waals surface area contributed by atoms with Crippen LogP contribution in [0.1, 0.15) is 29.8 Å². The highest BCUT2D eigenvalue weighted by molar-refractivity contribution is 7.92. The number of anilines is 2. The van der Waals surface area contributed by atoms with Crippen LogP contribution in [0.25, 0.3) is 11.4 Å². The summed E-state index contributed by atoms with van der Waals surface area (Å²) in [7, 11) is -1.82. The van der Waals surface area contributed by atoms with Gasteiger partial charge < -0.3 is 4.74 Å². The maximum Gasteiger partial charge on any atom is 0.413 e. The number of hydrogen-bond donors (Lipinski definition) is 2. The Morgan fingerprint density at radius 3 is 2.61 bits per heavy atom. The number of hydrogen-bond acceptors (Lipinski definition) is 8. The third-order valence-corrected chi connectivity index (χ3v) is 4.91. The van der Waals surface area contributed by atoms with Crippen LogP contribution < -0.4 is 10.0 Å². The van der Waals surface area contributed by atoms with Crippen LogP contribution in [0, 0.1) is 13.8 Å². The van der Waals surface area contributed by atoms with Gasteiger partial charge in [-0.15, -0.1) is 5.10 Å². The molecule has 3 heterocycles. The summed E-state index contributed by atoms with van der Waals surface area (Å²) in [6.07, 6.45) is 3.22.